The highest BCUT2D eigenvalue weighted by Gasteiger charge is 2.81. The maximum Gasteiger partial charge on any atom is 0.408 e. The van der Waals surface area contributed by atoms with Crippen LogP contribution in [0.1, 0.15) is 210 Å². The fraction of sp³-hybridized carbons (Fsp3) is 0.621. The molecule has 134 heavy (non-hydrogen) atoms. The number of aromatic amines is 2. The molecule has 4 saturated heterocycles. The second kappa shape index (κ2) is 37.8. The van der Waals surface area contributed by atoms with Gasteiger partial charge in [0, 0.05) is 169 Å². The number of anilines is 2. The largest absolute Gasteiger partial charge is 0.480 e. The Balaban J connectivity index is 0.000000181. The third kappa shape index (κ3) is 16.7. The third-order valence-corrected chi connectivity index (χ3v) is 33.0. The van der Waals surface area contributed by atoms with Crippen molar-refractivity contribution in [2.24, 2.45) is 22.7 Å². The van der Waals surface area contributed by atoms with E-state index in [-0.39, 0.29) is 55.9 Å². The van der Waals surface area contributed by atoms with Gasteiger partial charge in [0.15, 0.2) is 17.2 Å². The van der Waals surface area contributed by atoms with Gasteiger partial charge >= 0.3 is 30.3 Å². The van der Waals surface area contributed by atoms with Crippen LogP contribution in [0.2, 0.25) is 0 Å². The lowest BCUT2D eigenvalue weighted by Gasteiger charge is -2.63. The number of aryl methyl sites for hydroxylation is 2. The number of carbonyl (C=O) groups is 5. The Morgan fingerprint density at radius 3 is 1.40 bits per heavy atom. The van der Waals surface area contributed by atoms with Crippen molar-refractivity contribution in [3.63, 3.8) is 0 Å². The van der Waals surface area contributed by atoms with E-state index in [9.17, 15) is 59.7 Å². The zero-order valence-corrected chi connectivity index (χ0v) is 80.9. The van der Waals surface area contributed by atoms with Gasteiger partial charge < -0.3 is 91.8 Å². The highest BCUT2D eigenvalue weighted by atomic mass is 16.6. The number of quaternary nitrogens is 1. The Kier molecular flexibility index (Phi) is 28.3. The first-order valence-corrected chi connectivity index (χ1v) is 48.3. The number of aliphatic carboxylic acids is 1. The molecule has 2 saturated carbocycles. The van der Waals surface area contributed by atoms with Crippen molar-refractivity contribution in [3.05, 3.63) is 153 Å². The van der Waals surface area contributed by atoms with Crippen molar-refractivity contribution in [2.45, 2.75) is 285 Å². The number of rotatable bonds is 17. The number of amides is 3. The van der Waals surface area contributed by atoms with E-state index < -0.39 is 133 Å². The Bertz CT molecular complexity index is 5550. The number of ether oxygens (including phenoxy) is 2. The molecule has 6 aromatic rings. The van der Waals surface area contributed by atoms with Gasteiger partial charge in [-0.3, -0.25) is 34.0 Å². The van der Waals surface area contributed by atoms with Crippen LogP contribution in [0.15, 0.2) is 97.1 Å². The van der Waals surface area contributed by atoms with Crippen LogP contribution >= 0.6 is 0 Å². The first kappa shape index (κ1) is 100. The number of hydrogen-bond acceptors (Lipinski definition) is 24. The normalized spacial score (nSPS) is 34.4. The molecule has 12 heterocycles. The molecular weight excluding hydrogens is 1710 g/mol. The van der Waals surface area contributed by atoms with Crippen molar-refractivity contribution < 1.29 is 99.2 Å². The monoisotopic (exact) mass is 1850 g/mol. The van der Waals surface area contributed by atoms with Gasteiger partial charge in [-0.25, -0.2) is 9.59 Å². The van der Waals surface area contributed by atoms with Crippen LogP contribution in [-0.4, -0.2) is 294 Å². The fourth-order valence-electron chi connectivity index (χ4n) is 27.7. The number of hydrogen-bond donors (Lipinski definition) is 14. The minimum absolute atomic E-state index is 0.0189. The number of nitrogens with one attached hydrogen (secondary N) is 5. The predicted octanol–water partition coefficient (Wildman–Crippen LogP) is 6.78. The number of H-pyrrole nitrogens is 2. The van der Waals surface area contributed by atoms with E-state index in [2.05, 4.69) is 214 Å². The molecule has 728 valence electrons. The molecule has 14 unspecified atom stereocenters. The summed E-state index contributed by atoms with van der Waals surface area (Å²) in [5.74, 6) is -2.20. The van der Waals surface area contributed by atoms with E-state index in [0.717, 1.165) is 161 Å². The van der Waals surface area contributed by atoms with Crippen LogP contribution < -0.4 is 31.5 Å². The molecular formula is C103H143N12O19+. The zero-order chi connectivity index (χ0) is 97.5. The second-order valence-corrected chi connectivity index (χ2v) is 42.5. The Labute approximate surface area is 785 Å². The number of aliphatic hydroxyl groups excluding tert-OH is 3. The first-order chi connectivity index (χ1) is 63.3. The van der Waals surface area contributed by atoms with Crippen LogP contribution in [0.5, 0.6) is 0 Å². The van der Waals surface area contributed by atoms with Crippen molar-refractivity contribution in [1.82, 2.24) is 45.5 Å². The summed E-state index contributed by atoms with van der Waals surface area (Å²) in [6.07, 6.45) is 14.0. The van der Waals surface area contributed by atoms with Gasteiger partial charge in [0.2, 0.25) is 0 Å². The molecule has 4 bridgehead atoms. The minimum atomic E-state index is -2.17. The highest BCUT2D eigenvalue weighted by Crippen LogP contribution is 2.70. The van der Waals surface area contributed by atoms with Gasteiger partial charge in [0.25, 0.3) is 11.8 Å². The average Bonchev–Trinajstić information content (AvgIpc) is 1.48. The summed E-state index contributed by atoms with van der Waals surface area (Å²) < 4.78 is 10.2. The number of carboxylic acid groups (broad SMARTS) is 1. The van der Waals surface area contributed by atoms with Crippen molar-refractivity contribution in [1.29, 1.82) is 0 Å². The SMILES string of the molecule is CCC1(O)CC2CN(CCc3c([nH]c4ccccc34)[C@@](C)(c3cc4c(cc3C)N(C)C3C45CCN4CC=C[C@](CC)(C45)[C@@H](O)[C@]3(O)C(=O)NCC(C)O)C2)C1.CCC1(O)CC2CN(CCc3c([nH]c4ccccc34)[C@@](C)(c3cc4c(cc3C)N(C)C3C45CCN4CC=C[C@](CC)(C45)[C@@H](O)[C@]3(O)C(=O)NCCCOC(=O)C(C)[NH3+])C2)C1.C[C@H](NC(=O)OC(C)(C)C)C(=O)O.O=C=O.O=C=O. The molecule has 0 radical (unpaired) electrons. The first-order valence-electron chi connectivity index (χ1n) is 48.3. The number of carbonyl (C=O) groups excluding carboxylic acids is 8. The molecule has 2 spiro atoms. The molecule has 12 aliphatic rings. The minimum Gasteiger partial charge on any atom is -0.480 e. The smallest absolute Gasteiger partial charge is 0.408 e. The number of fused-ring (bicyclic) bond motifs is 12. The van der Waals surface area contributed by atoms with Crippen molar-refractivity contribution in [2.75, 3.05) is 109 Å². The Hall–Kier alpha value is -9.53. The Morgan fingerprint density at radius 1 is 0.597 bits per heavy atom. The summed E-state index contributed by atoms with van der Waals surface area (Å²) in [5.41, 5.74) is 9.74. The van der Waals surface area contributed by atoms with Crippen molar-refractivity contribution in [3.8, 4) is 0 Å². The molecule has 3 amide bonds. The number of esters is 1. The third-order valence-electron chi connectivity index (χ3n) is 33.0. The van der Waals surface area contributed by atoms with Crippen LogP contribution in [0.3, 0.4) is 0 Å². The zero-order valence-electron chi connectivity index (χ0n) is 80.9. The van der Waals surface area contributed by atoms with Crippen LogP contribution in [0.25, 0.3) is 21.8 Å². The lowest BCUT2D eigenvalue weighted by molar-refractivity contribution is -0.402. The van der Waals surface area contributed by atoms with Crippen LogP contribution in [0.4, 0.5) is 16.2 Å². The lowest BCUT2D eigenvalue weighted by atomic mass is 9.47. The number of aliphatic hydroxyl groups is 7. The molecule has 2 aliphatic carbocycles. The maximum absolute atomic E-state index is 14.8. The number of nitrogens with zero attached hydrogens (tertiary/aromatic N) is 6. The number of benzene rings is 4. The van der Waals surface area contributed by atoms with Crippen LogP contribution in [-0.2, 0) is 82.3 Å². The van der Waals surface area contributed by atoms with E-state index in [1.807, 2.05) is 14.1 Å². The van der Waals surface area contributed by atoms with Gasteiger partial charge in [0.05, 0.1) is 36.0 Å². The summed E-state index contributed by atoms with van der Waals surface area (Å²) in [6, 6.07) is 23.5. The summed E-state index contributed by atoms with van der Waals surface area (Å²) in [5, 5.41) is 105. The average molecular weight is 1850 g/mol. The summed E-state index contributed by atoms with van der Waals surface area (Å²) in [4.78, 5) is 117. The number of carboxylic acids is 1. The quantitative estimate of drug-likeness (QED) is 0.0254. The van der Waals surface area contributed by atoms with E-state index in [1.54, 1.807) is 34.6 Å². The molecule has 6 fully saturated rings. The number of piperidine rings is 2. The molecule has 10 aliphatic heterocycles. The molecule has 23 atom stereocenters. The summed E-state index contributed by atoms with van der Waals surface area (Å²) in [7, 11) is 3.97. The molecule has 16 N–H and O–H groups in total. The van der Waals surface area contributed by atoms with Gasteiger partial charge in [-0.2, -0.15) is 19.2 Å². The highest BCUT2D eigenvalue weighted by molar-refractivity contribution is 5.93. The lowest BCUT2D eigenvalue weighted by Crippen LogP contribution is -2.81. The van der Waals surface area contributed by atoms with Gasteiger partial charge in [-0.15, -0.1) is 0 Å². The summed E-state index contributed by atoms with van der Waals surface area (Å²) >= 11 is 0. The summed E-state index contributed by atoms with van der Waals surface area (Å²) in [6.45, 7) is 35.8. The molecule has 31 heteroatoms. The standard InChI is InChI=1S/C48H66N6O6.C45H61N5O5.C8H15NO4.2CO2/c1-7-45(58)26-31-25-44(5,38-33(15-20-53(27-31)28-45)32-13-9-10-14-36(32)51-38)34-24-35-37(23-29(34)3)52(6)41-47(35)17-21-54-19-11-16-46(8-2,40(47)54)42(56)48(41,59)43(57)50-18-12-22-60-39(55)30(4)49;1-7-42(54)23-29-22-41(5,36-31(14-18-49(25-29)26-42)30-12-9-10-13-34(30)47-36)32-21-33-35(20-27(32)3)48(6)38-44(33)16-19-50-17-11-15-43(8-2,37(44)50)39(52)45(38,55)40(53)46-24-28(4)51;1-5(6(10)11)9-7(12)13-8(2,3)4;2*2-1-3/h9-11,13-14,16,23-24,30-31,40-42,51,56,58-59H,7-8,12,15,17-22,25-28,49H2,1-6H3,(H,50,57);9-13,15,20-21,28-29,37-39,47,51-52,54-55H,7-8,14,16-19,22-26H2,1-6H3,(H,46,53);5H,1-4H3,(H,9,12)(H,10,11);;/p+1/t30?,31?,40?,41?,42-,44-,45?,46-,47?,48+;28?,29?,37?,38?,39-,41-,42?,43-,44?,45+;5-;;/m110../s1. The predicted molar refractivity (Wildman–Crippen MR) is 504 cm³/mol. The molecule has 31 nitrogen and oxygen atoms in total. The van der Waals surface area contributed by atoms with E-state index in [4.69, 9.17) is 33.8 Å². The van der Waals surface area contributed by atoms with E-state index >= 15 is 0 Å². The fourth-order valence-corrected chi connectivity index (χ4v) is 27.7. The molecule has 18 rings (SSSR count). The Morgan fingerprint density at radius 2 is 1.01 bits per heavy atom. The van der Waals surface area contributed by atoms with Gasteiger partial charge in [-0.1, -0.05) is 101 Å². The molecule has 4 aromatic carbocycles. The number of para-hydroxylation sites is 2. The van der Waals surface area contributed by atoms with Gasteiger partial charge in [-0.05, 0) is 246 Å². The van der Waals surface area contributed by atoms with Crippen LogP contribution in [0, 0.1) is 36.5 Å². The number of aromatic nitrogens is 2. The van der Waals surface area contributed by atoms with E-state index in [0.29, 0.717) is 32.4 Å². The maximum atomic E-state index is 14.8. The van der Waals surface area contributed by atoms with E-state index in [1.165, 1.54) is 51.3 Å². The van der Waals surface area contributed by atoms with Crippen molar-refractivity contribution >= 4 is 75.3 Å². The van der Waals surface area contributed by atoms with Gasteiger partial charge in [0.1, 0.15) is 23.9 Å². The topological polar surface area (TPSA) is 449 Å². The number of likely N-dealkylation sites (N-methyl/N-ethyl adjacent to an activating group) is 2. The number of alkyl carbamates (subject to hydrolysis) is 1. The second-order valence-electron chi connectivity index (χ2n) is 42.5. The molecule has 2 aromatic heterocycles.